The van der Waals surface area contributed by atoms with E-state index in [4.69, 9.17) is 16.3 Å². The number of thioether (sulfide) groups is 1. The van der Waals surface area contributed by atoms with Crippen LogP contribution in [-0.2, 0) is 17.6 Å². The zero-order valence-corrected chi connectivity index (χ0v) is 15.9. The molecule has 1 unspecified atom stereocenters. The van der Waals surface area contributed by atoms with Gasteiger partial charge < -0.3 is 4.74 Å². The van der Waals surface area contributed by atoms with Crippen LogP contribution < -0.4 is 10.1 Å². The molecule has 1 fully saturated rings. The van der Waals surface area contributed by atoms with E-state index in [1.54, 1.807) is 6.07 Å². The summed E-state index contributed by atoms with van der Waals surface area (Å²) in [6.45, 7) is 1.97. The van der Waals surface area contributed by atoms with Gasteiger partial charge in [0, 0.05) is 5.56 Å². The maximum absolute atomic E-state index is 12.7. The maximum Gasteiger partial charge on any atom is 0.286 e. The number of hydrogen-bond acceptors (Lipinski definition) is 4. The van der Waals surface area contributed by atoms with Crippen molar-refractivity contribution in [2.45, 2.75) is 31.4 Å². The van der Waals surface area contributed by atoms with Gasteiger partial charge in [0.2, 0.25) is 5.91 Å². The van der Waals surface area contributed by atoms with Crippen molar-refractivity contribution in [1.29, 1.82) is 0 Å². The Hall–Kier alpha value is -2.12. The molecule has 1 heterocycles. The molecule has 1 saturated heterocycles. The van der Waals surface area contributed by atoms with Gasteiger partial charge in [-0.3, -0.25) is 14.9 Å². The Balaban J connectivity index is 1.78. The predicted molar refractivity (Wildman–Crippen MR) is 101 cm³/mol. The van der Waals surface area contributed by atoms with E-state index >= 15 is 0 Å². The molecule has 0 bridgehead atoms. The zero-order chi connectivity index (χ0) is 19.6. The number of nitrogens with one attached hydrogen (secondary N) is 1. The molecular formula is C19H16ClF2NO3S. The van der Waals surface area contributed by atoms with Crippen LogP contribution in [0.1, 0.15) is 30.0 Å². The lowest BCUT2D eigenvalue weighted by atomic mass is 10.00. The van der Waals surface area contributed by atoms with E-state index in [0.29, 0.717) is 18.6 Å². The molecule has 1 atom stereocenters. The minimum atomic E-state index is -2.60. The number of amides is 2. The van der Waals surface area contributed by atoms with Crippen molar-refractivity contribution < 1.29 is 23.1 Å². The molecule has 142 valence electrons. The summed E-state index contributed by atoms with van der Waals surface area (Å²) >= 11 is 7.02. The first-order chi connectivity index (χ1) is 12.9. The first-order valence-corrected chi connectivity index (χ1v) is 9.52. The van der Waals surface area contributed by atoms with Gasteiger partial charge in [0.05, 0.1) is 10.3 Å². The summed E-state index contributed by atoms with van der Waals surface area (Å²) < 4.78 is 31.2. The van der Waals surface area contributed by atoms with E-state index in [1.165, 1.54) is 18.2 Å². The number of benzene rings is 2. The maximum atomic E-state index is 12.7. The van der Waals surface area contributed by atoms with Crippen molar-refractivity contribution in [3.63, 3.8) is 0 Å². The standard InChI is InChI=1S/C19H16ClF2NO3S/c1-2-10-7-13(26-15-6-4-12(17(21)22)8-14(15)20)5-3-11(10)9-16-18(24)23-19(25)27-16/h3-8,16-17H,2,9H2,1H3,(H,23,24,25). The van der Waals surface area contributed by atoms with E-state index in [1.807, 2.05) is 19.1 Å². The molecule has 2 aromatic rings. The first-order valence-electron chi connectivity index (χ1n) is 8.26. The summed E-state index contributed by atoms with van der Waals surface area (Å²) in [4.78, 5) is 23.1. The number of hydrogen-bond donors (Lipinski definition) is 1. The minimum absolute atomic E-state index is 0.104. The molecule has 2 amide bonds. The summed E-state index contributed by atoms with van der Waals surface area (Å²) in [7, 11) is 0. The van der Waals surface area contributed by atoms with Crippen molar-refractivity contribution in [2.24, 2.45) is 0 Å². The van der Waals surface area contributed by atoms with Crippen molar-refractivity contribution in [1.82, 2.24) is 5.32 Å². The number of carbonyl (C=O) groups is 2. The van der Waals surface area contributed by atoms with Crippen LogP contribution in [0.25, 0.3) is 0 Å². The number of aryl methyl sites for hydroxylation is 1. The zero-order valence-electron chi connectivity index (χ0n) is 14.3. The van der Waals surface area contributed by atoms with E-state index in [0.717, 1.165) is 22.9 Å². The van der Waals surface area contributed by atoms with Gasteiger partial charge >= 0.3 is 0 Å². The van der Waals surface area contributed by atoms with Gasteiger partial charge in [-0.15, -0.1) is 0 Å². The summed E-state index contributed by atoms with van der Waals surface area (Å²) in [5.74, 6) is 0.521. The lowest BCUT2D eigenvalue weighted by Crippen LogP contribution is -2.25. The van der Waals surface area contributed by atoms with Gasteiger partial charge in [-0.25, -0.2) is 8.78 Å². The molecule has 4 nitrogen and oxygen atoms in total. The molecule has 1 aliphatic heterocycles. The Labute approximate surface area is 164 Å². The highest BCUT2D eigenvalue weighted by Gasteiger charge is 2.31. The SMILES string of the molecule is CCc1cc(Oc2ccc(C(F)F)cc2Cl)ccc1CC1SC(=O)NC1=O. The van der Waals surface area contributed by atoms with Crippen molar-refractivity contribution in [3.05, 3.63) is 58.1 Å². The molecule has 0 spiro atoms. The summed E-state index contributed by atoms with van der Waals surface area (Å²) in [5, 5.41) is 1.62. The summed E-state index contributed by atoms with van der Waals surface area (Å²) in [6.07, 6.45) is -1.45. The quantitative estimate of drug-likeness (QED) is 0.679. The van der Waals surface area contributed by atoms with E-state index in [-0.39, 0.29) is 27.5 Å². The van der Waals surface area contributed by atoms with Crippen LogP contribution in [0.4, 0.5) is 13.6 Å². The fourth-order valence-corrected chi connectivity index (χ4v) is 3.86. The van der Waals surface area contributed by atoms with Crippen LogP contribution in [0, 0.1) is 0 Å². The Morgan fingerprint density at radius 1 is 1.19 bits per heavy atom. The molecule has 8 heteroatoms. The Kier molecular flexibility index (Phi) is 6.01. The normalized spacial score (nSPS) is 16.7. The number of imide groups is 1. The Morgan fingerprint density at radius 2 is 1.96 bits per heavy atom. The van der Waals surface area contributed by atoms with Crippen LogP contribution in [-0.4, -0.2) is 16.4 Å². The smallest absolute Gasteiger partial charge is 0.286 e. The highest BCUT2D eigenvalue weighted by Crippen LogP contribution is 2.34. The number of ether oxygens (including phenoxy) is 1. The topological polar surface area (TPSA) is 55.4 Å². The van der Waals surface area contributed by atoms with Gasteiger partial charge in [0.15, 0.2) is 0 Å². The Bertz CT molecular complexity index is 891. The molecule has 2 aromatic carbocycles. The molecular weight excluding hydrogens is 396 g/mol. The first kappa shape index (κ1) is 19.6. The van der Waals surface area contributed by atoms with Crippen molar-refractivity contribution >= 4 is 34.5 Å². The van der Waals surface area contributed by atoms with Crippen LogP contribution in [0.2, 0.25) is 5.02 Å². The number of carbonyl (C=O) groups excluding carboxylic acids is 2. The van der Waals surface area contributed by atoms with Crippen molar-refractivity contribution in [2.75, 3.05) is 0 Å². The fourth-order valence-electron chi connectivity index (χ4n) is 2.78. The van der Waals surface area contributed by atoms with Gasteiger partial charge in [0.25, 0.3) is 11.7 Å². The molecule has 0 saturated carbocycles. The predicted octanol–water partition coefficient (Wildman–Crippen LogP) is 5.53. The van der Waals surface area contributed by atoms with Gasteiger partial charge in [-0.1, -0.05) is 36.4 Å². The summed E-state index contributed by atoms with van der Waals surface area (Å²) in [5.41, 5.74) is 1.76. The lowest BCUT2D eigenvalue weighted by Gasteiger charge is -2.14. The third kappa shape index (κ3) is 4.59. The van der Waals surface area contributed by atoms with Crippen LogP contribution in [0.15, 0.2) is 36.4 Å². The number of halogens is 3. The lowest BCUT2D eigenvalue weighted by molar-refractivity contribution is -0.118. The molecule has 1 N–H and O–H groups in total. The molecule has 0 aromatic heterocycles. The highest BCUT2D eigenvalue weighted by molar-refractivity contribution is 8.15. The van der Waals surface area contributed by atoms with E-state index in [2.05, 4.69) is 5.32 Å². The number of alkyl halides is 2. The van der Waals surface area contributed by atoms with Gasteiger partial charge in [-0.05, 0) is 54.3 Å². The molecule has 3 rings (SSSR count). The Morgan fingerprint density at radius 3 is 2.56 bits per heavy atom. The van der Waals surface area contributed by atoms with Gasteiger partial charge in [-0.2, -0.15) is 0 Å². The van der Waals surface area contributed by atoms with Crippen LogP contribution >= 0.6 is 23.4 Å². The average molecular weight is 412 g/mol. The molecule has 0 radical (unpaired) electrons. The molecule has 0 aliphatic carbocycles. The second-order valence-corrected chi connectivity index (χ2v) is 7.55. The summed E-state index contributed by atoms with van der Waals surface area (Å²) in [6, 6.07) is 9.26. The third-order valence-corrected chi connectivity index (χ3v) is 5.44. The monoisotopic (exact) mass is 411 g/mol. The van der Waals surface area contributed by atoms with Crippen LogP contribution in [0.3, 0.4) is 0 Å². The molecule has 27 heavy (non-hydrogen) atoms. The minimum Gasteiger partial charge on any atom is -0.456 e. The van der Waals surface area contributed by atoms with E-state index < -0.39 is 11.7 Å². The highest BCUT2D eigenvalue weighted by atomic mass is 35.5. The van der Waals surface area contributed by atoms with Gasteiger partial charge in [0.1, 0.15) is 11.5 Å². The van der Waals surface area contributed by atoms with E-state index in [9.17, 15) is 18.4 Å². The molecule has 1 aliphatic rings. The second kappa shape index (κ2) is 8.27. The van der Waals surface area contributed by atoms with Crippen LogP contribution in [0.5, 0.6) is 11.5 Å². The van der Waals surface area contributed by atoms with Crippen molar-refractivity contribution in [3.8, 4) is 11.5 Å². The number of rotatable bonds is 6. The largest absolute Gasteiger partial charge is 0.456 e. The average Bonchev–Trinajstić information content (AvgIpc) is 2.94. The third-order valence-electron chi connectivity index (χ3n) is 4.17. The second-order valence-electron chi connectivity index (χ2n) is 5.96. The fraction of sp³-hybridized carbons (Fsp3) is 0.263.